The highest BCUT2D eigenvalue weighted by molar-refractivity contribution is 5.71. The molecule has 0 radical (unpaired) electrons. The standard InChI is InChI=1S/C30H35NO6/c1-21(32)22-15-17-25(18-16-22)35-26(31-29(34)37-30(2,3)4)19-20-27(33)36-28(23-11-7-5-8-12-23)24-13-9-6-10-14-24/h5-18,21,26,28,32H,19-20H2,1-4H3,(H,31,34). The van der Waals surface area contributed by atoms with E-state index < -0.39 is 36.1 Å². The van der Waals surface area contributed by atoms with E-state index in [-0.39, 0.29) is 12.8 Å². The van der Waals surface area contributed by atoms with Crippen LogP contribution in [0.15, 0.2) is 84.9 Å². The SMILES string of the molecule is CC(O)c1ccc(OC(CCC(=O)OC(c2ccccc2)c2ccccc2)NC(=O)OC(C)(C)C)cc1. The summed E-state index contributed by atoms with van der Waals surface area (Å²) in [7, 11) is 0. The number of hydrogen-bond donors (Lipinski definition) is 2. The minimum Gasteiger partial charge on any atom is -0.471 e. The summed E-state index contributed by atoms with van der Waals surface area (Å²) >= 11 is 0. The molecule has 37 heavy (non-hydrogen) atoms. The predicted molar refractivity (Wildman–Crippen MR) is 141 cm³/mol. The lowest BCUT2D eigenvalue weighted by Gasteiger charge is -2.25. The van der Waals surface area contributed by atoms with Crippen LogP contribution < -0.4 is 10.1 Å². The number of carbonyl (C=O) groups excluding carboxylic acids is 2. The number of benzene rings is 3. The fourth-order valence-corrected chi connectivity index (χ4v) is 3.61. The molecule has 2 atom stereocenters. The van der Waals surface area contributed by atoms with Crippen LogP contribution in [0.2, 0.25) is 0 Å². The highest BCUT2D eigenvalue weighted by Gasteiger charge is 2.24. The molecule has 3 aromatic rings. The molecule has 0 bridgehead atoms. The lowest BCUT2D eigenvalue weighted by atomic mass is 10.0. The molecule has 0 saturated carbocycles. The third kappa shape index (κ3) is 9.28. The van der Waals surface area contributed by atoms with Gasteiger partial charge in [0.25, 0.3) is 0 Å². The van der Waals surface area contributed by atoms with Crippen molar-refractivity contribution in [2.75, 3.05) is 0 Å². The molecule has 196 valence electrons. The number of aliphatic hydroxyl groups is 1. The van der Waals surface area contributed by atoms with Gasteiger partial charge in [-0.25, -0.2) is 4.79 Å². The lowest BCUT2D eigenvalue weighted by Crippen LogP contribution is -2.42. The van der Waals surface area contributed by atoms with Gasteiger partial charge in [0.05, 0.1) is 12.5 Å². The van der Waals surface area contributed by atoms with Crippen LogP contribution in [-0.2, 0) is 14.3 Å². The Morgan fingerprint density at radius 1 is 0.838 bits per heavy atom. The largest absolute Gasteiger partial charge is 0.471 e. The van der Waals surface area contributed by atoms with Crippen molar-refractivity contribution in [1.29, 1.82) is 0 Å². The Morgan fingerprint density at radius 3 is 1.86 bits per heavy atom. The van der Waals surface area contributed by atoms with Gasteiger partial charge in [0.2, 0.25) is 0 Å². The second-order valence-corrected chi connectivity index (χ2v) is 9.73. The van der Waals surface area contributed by atoms with Gasteiger partial charge in [0.1, 0.15) is 11.4 Å². The molecule has 0 aromatic heterocycles. The maximum atomic E-state index is 12.9. The van der Waals surface area contributed by atoms with Gasteiger partial charge in [-0.05, 0) is 56.5 Å². The predicted octanol–water partition coefficient (Wildman–Crippen LogP) is 6.08. The van der Waals surface area contributed by atoms with E-state index in [1.54, 1.807) is 52.0 Å². The molecule has 3 rings (SSSR count). The topological polar surface area (TPSA) is 94.1 Å². The number of aliphatic hydroxyl groups excluding tert-OH is 1. The number of alkyl carbamates (subject to hydrolysis) is 1. The van der Waals surface area contributed by atoms with E-state index in [0.717, 1.165) is 16.7 Å². The van der Waals surface area contributed by atoms with Crippen LogP contribution in [0.25, 0.3) is 0 Å². The van der Waals surface area contributed by atoms with Gasteiger partial charge in [-0.2, -0.15) is 0 Å². The van der Waals surface area contributed by atoms with Crippen LogP contribution in [0, 0.1) is 0 Å². The molecule has 2 N–H and O–H groups in total. The average molecular weight is 506 g/mol. The fourth-order valence-electron chi connectivity index (χ4n) is 3.61. The van der Waals surface area contributed by atoms with Crippen LogP contribution in [0.3, 0.4) is 0 Å². The number of carbonyl (C=O) groups is 2. The first-order chi connectivity index (χ1) is 17.6. The molecule has 0 heterocycles. The Kier molecular flexibility index (Phi) is 9.69. The summed E-state index contributed by atoms with van der Waals surface area (Å²) < 4.78 is 17.2. The highest BCUT2D eigenvalue weighted by Crippen LogP contribution is 2.27. The zero-order chi connectivity index (χ0) is 26.8. The van der Waals surface area contributed by atoms with Gasteiger partial charge >= 0.3 is 12.1 Å². The van der Waals surface area contributed by atoms with Crippen LogP contribution in [0.4, 0.5) is 4.79 Å². The van der Waals surface area contributed by atoms with E-state index in [1.165, 1.54) is 0 Å². The number of nitrogens with one attached hydrogen (secondary N) is 1. The summed E-state index contributed by atoms with van der Waals surface area (Å²) in [6.07, 6.45) is -2.50. The van der Waals surface area contributed by atoms with Crippen molar-refractivity contribution in [2.24, 2.45) is 0 Å². The molecule has 0 aliphatic rings. The molecular formula is C30H35NO6. The van der Waals surface area contributed by atoms with Gasteiger partial charge < -0.3 is 19.3 Å². The molecule has 0 saturated heterocycles. The fraction of sp³-hybridized carbons (Fsp3) is 0.333. The average Bonchev–Trinajstić information content (AvgIpc) is 2.86. The van der Waals surface area contributed by atoms with E-state index in [9.17, 15) is 14.7 Å². The van der Waals surface area contributed by atoms with Gasteiger partial charge in [0, 0.05) is 6.42 Å². The normalized spacial score (nSPS) is 12.9. The molecule has 0 aliphatic heterocycles. The Morgan fingerprint density at radius 2 is 1.38 bits per heavy atom. The summed E-state index contributed by atoms with van der Waals surface area (Å²) in [5.41, 5.74) is 1.77. The number of ether oxygens (including phenoxy) is 3. The summed E-state index contributed by atoms with van der Waals surface area (Å²) in [6, 6.07) is 25.9. The van der Waals surface area contributed by atoms with Crippen LogP contribution in [0.5, 0.6) is 5.75 Å². The van der Waals surface area contributed by atoms with Crippen molar-refractivity contribution in [1.82, 2.24) is 5.32 Å². The highest BCUT2D eigenvalue weighted by atomic mass is 16.6. The number of rotatable bonds is 10. The molecule has 2 unspecified atom stereocenters. The monoisotopic (exact) mass is 505 g/mol. The first-order valence-corrected chi connectivity index (χ1v) is 12.3. The first kappa shape index (κ1) is 27.7. The van der Waals surface area contributed by atoms with Gasteiger partial charge in [-0.1, -0.05) is 72.8 Å². The first-order valence-electron chi connectivity index (χ1n) is 12.3. The van der Waals surface area contributed by atoms with E-state index >= 15 is 0 Å². The third-order valence-corrected chi connectivity index (χ3v) is 5.38. The van der Waals surface area contributed by atoms with Crippen LogP contribution in [-0.4, -0.2) is 29.0 Å². The summed E-state index contributed by atoms with van der Waals surface area (Å²) in [5, 5.41) is 12.4. The number of hydrogen-bond acceptors (Lipinski definition) is 6. The molecule has 7 nitrogen and oxygen atoms in total. The maximum Gasteiger partial charge on any atom is 0.410 e. The van der Waals surface area contributed by atoms with E-state index in [4.69, 9.17) is 14.2 Å². The number of esters is 1. The van der Waals surface area contributed by atoms with Crippen molar-refractivity contribution in [3.05, 3.63) is 102 Å². The minimum absolute atomic E-state index is 0.00237. The molecular weight excluding hydrogens is 470 g/mol. The minimum atomic E-state index is -0.841. The van der Waals surface area contributed by atoms with Gasteiger partial charge in [0.15, 0.2) is 12.3 Å². The Balaban J connectivity index is 1.70. The Hall–Kier alpha value is -3.84. The van der Waals surface area contributed by atoms with E-state index in [1.807, 2.05) is 60.7 Å². The van der Waals surface area contributed by atoms with E-state index in [0.29, 0.717) is 5.75 Å². The van der Waals surface area contributed by atoms with Crippen molar-refractivity contribution in [3.8, 4) is 5.75 Å². The molecule has 0 fully saturated rings. The molecule has 3 aromatic carbocycles. The zero-order valence-corrected chi connectivity index (χ0v) is 21.7. The van der Waals surface area contributed by atoms with Crippen molar-refractivity contribution < 1.29 is 28.9 Å². The van der Waals surface area contributed by atoms with Gasteiger partial charge in [-0.15, -0.1) is 0 Å². The van der Waals surface area contributed by atoms with Crippen molar-refractivity contribution in [3.63, 3.8) is 0 Å². The third-order valence-electron chi connectivity index (χ3n) is 5.38. The second-order valence-electron chi connectivity index (χ2n) is 9.73. The van der Waals surface area contributed by atoms with Crippen molar-refractivity contribution >= 4 is 12.1 Å². The second kappa shape index (κ2) is 12.9. The molecule has 1 amide bonds. The maximum absolute atomic E-state index is 12.9. The smallest absolute Gasteiger partial charge is 0.410 e. The molecule has 0 spiro atoms. The summed E-state index contributed by atoms with van der Waals surface area (Å²) in [4.78, 5) is 25.4. The molecule has 7 heteroatoms. The lowest BCUT2D eigenvalue weighted by molar-refractivity contribution is -0.148. The van der Waals surface area contributed by atoms with Crippen LogP contribution >= 0.6 is 0 Å². The quantitative estimate of drug-likeness (QED) is 0.256. The summed E-state index contributed by atoms with van der Waals surface area (Å²) in [5.74, 6) is 0.0482. The Bertz CT molecular complexity index is 1080. The molecule has 0 aliphatic carbocycles. The van der Waals surface area contributed by atoms with E-state index in [2.05, 4.69) is 5.32 Å². The zero-order valence-electron chi connectivity index (χ0n) is 21.7. The van der Waals surface area contributed by atoms with Gasteiger partial charge in [-0.3, -0.25) is 10.1 Å². The Labute approximate surface area is 218 Å². The number of amides is 1. The van der Waals surface area contributed by atoms with Crippen molar-refractivity contribution in [2.45, 2.75) is 64.6 Å². The summed E-state index contributed by atoms with van der Waals surface area (Å²) in [6.45, 7) is 6.97. The van der Waals surface area contributed by atoms with Crippen LogP contribution in [0.1, 0.15) is 69.4 Å².